The van der Waals surface area contributed by atoms with E-state index in [0.29, 0.717) is 37.7 Å². The van der Waals surface area contributed by atoms with Crippen LogP contribution in [0.4, 0.5) is 17.6 Å². The Kier molecular flexibility index (Phi) is 6.54. The van der Waals surface area contributed by atoms with E-state index in [9.17, 15) is 22.4 Å². The monoisotopic (exact) mass is 496 g/mol. The van der Waals surface area contributed by atoms with Gasteiger partial charge in [0.2, 0.25) is 5.91 Å². The highest BCUT2D eigenvalue weighted by molar-refractivity contribution is 9.10. The predicted octanol–water partition coefficient (Wildman–Crippen LogP) is 4.11. The Bertz CT molecular complexity index is 910. The molecule has 0 spiro atoms. The third-order valence-corrected chi connectivity index (χ3v) is 6.12. The van der Waals surface area contributed by atoms with Gasteiger partial charge in [-0.1, -0.05) is 17.7 Å². The highest BCUT2D eigenvalue weighted by Crippen LogP contribution is 2.35. The Morgan fingerprint density at radius 3 is 2.45 bits per heavy atom. The van der Waals surface area contributed by atoms with E-state index in [-0.39, 0.29) is 22.6 Å². The molecule has 5 nitrogen and oxygen atoms in total. The van der Waals surface area contributed by atoms with Crippen LogP contribution in [0.1, 0.15) is 17.0 Å². The van der Waals surface area contributed by atoms with Gasteiger partial charge in [0.25, 0.3) is 0 Å². The van der Waals surface area contributed by atoms with Gasteiger partial charge < -0.3 is 4.90 Å². The van der Waals surface area contributed by atoms with Crippen molar-refractivity contribution in [2.24, 2.45) is 0 Å². The largest absolute Gasteiger partial charge is 0.436 e. The Labute approximate surface area is 178 Å². The average molecular weight is 498 g/mol. The SMILES string of the molecule is Cc1c(Br)c(C(F)(F)F)nn1CC(=O)N1CCN(Cc2ccc(F)cc2Cl)CC1. The highest BCUT2D eigenvalue weighted by Gasteiger charge is 2.38. The fourth-order valence-corrected chi connectivity index (χ4v) is 3.87. The molecule has 3 rings (SSSR count). The molecule has 1 fully saturated rings. The van der Waals surface area contributed by atoms with Crippen molar-refractivity contribution in [3.05, 3.63) is 50.5 Å². The topological polar surface area (TPSA) is 41.4 Å². The summed E-state index contributed by atoms with van der Waals surface area (Å²) in [6.07, 6.45) is -4.59. The summed E-state index contributed by atoms with van der Waals surface area (Å²) in [5, 5.41) is 3.90. The Morgan fingerprint density at radius 2 is 1.90 bits per heavy atom. The van der Waals surface area contributed by atoms with E-state index >= 15 is 0 Å². The number of amides is 1. The summed E-state index contributed by atoms with van der Waals surface area (Å²) in [6.45, 7) is 3.77. The lowest BCUT2D eigenvalue weighted by atomic mass is 10.2. The number of hydrogen-bond acceptors (Lipinski definition) is 3. The molecule has 158 valence electrons. The second kappa shape index (κ2) is 8.61. The van der Waals surface area contributed by atoms with Gasteiger partial charge in [0.15, 0.2) is 5.69 Å². The summed E-state index contributed by atoms with van der Waals surface area (Å²) in [5.74, 6) is -0.695. The quantitative estimate of drug-likeness (QED) is 0.597. The van der Waals surface area contributed by atoms with Crippen molar-refractivity contribution in [2.45, 2.75) is 26.2 Å². The van der Waals surface area contributed by atoms with Crippen molar-refractivity contribution >= 4 is 33.4 Å². The molecule has 0 atom stereocenters. The van der Waals surface area contributed by atoms with Crippen LogP contribution in [-0.4, -0.2) is 51.7 Å². The van der Waals surface area contributed by atoms with Crippen LogP contribution in [0.5, 0.6) is 0 Å². The van der Waals surface area contributed by atoms with Gasteiger partial charge in [-0.05, 0) is 40.5 Å². The third kappa shape index (κ3) is 5.10. The molecule has 1 aliphatic rings. The molecule has 0 saturated carbocycles. The molecule has 1 saturated heterocycles. The van der Waals surface area contributed by atoms with Gasteiger partial charge in [-0.15, -0.1) is 0 Å². The zero-order chi connectivity index (χ0) is 21.3. The maximum Gasteiger partial charge on any atom is 0.436 e. The second-order valence-corrected chi connectivity index (χ2v) is 8.00. The number of nitrogens with zero attached hydrogens (tertiary/aromatic N) is 4. The lowest BCUT2D eigenvalue weighted by Crippen LogP contribution is -2.49. The first-order chi connectivity index (χ1) is 13.6. The fourth-order valence-electron chi connectivity index (χ4n) is 3.13. The molecule has 2 heterocycles. The predicted molar refractivity (Wildman–Crippen MR) is 103 cm³/mol. The number of piperazine rings is 1. The molecular weight excluding hydrogens is 480 g/mol. The molecule has 11 heteroatoms. The molecule has 1 aliphatic heterocycles. The molecule has 29 heavy (non-hydrogen) atoms. The first-order valence-corrected chi connectivity index (χ1v) is 9.97. The van der Waals surface area contributed by atoms with Crippen LogP contribution >= 0.6 is 27.5 Å². The Balaban J connectivity index is 1.58. The average Bonchev–Trinajstić information content (AvgIpc) is 2.93. The van der Waals surface area contributed by atoms with E-state index in [4.69, 9.17) is 11.6 Å². The number of halogens is 6. The Morgan fingerprint density at radius 1 is 1.24 bits per heavy atom. The molecule has 0 bridgehead atoms. The van der Waals surface area contributed by atoms with E-state index in [0.717, 1.165) is 10.2 Å². The fraction of sp³-hybridized carbons (Fsp3) is 0.444. The lowest BCUT2D eigenvalue weighted by Gasteiger charge is -2.35. The molecular formula is C18H18BrClF4N4O. The molecule has 1 aromatic carbocycles. The second-order valence-electron chi connectivity index (χ2n) is 6.80. The number of benzene rings is 1. The minimum Gasteiger partial charge on any atom is -0.339 e. The van der Waals surface area contributed by atoms with E-state index < -0.39 is 17.7 Å². The summed E-state index contributed by atoms with van der Waals surface area (Å²) in [4.78, 5) is 16.2. The number of hydrogen-bond donors (Lipinski definition) is 0. The zero-order valence-corrected chi connectivity index (χ0v) is 17.8. The van der Waals surface area contributed by atoms with Gasteiger partial charge in [0.05, 0.1) is 10.2 Å². The summed E-state index contributed by atoms with van der Waals surface area (Å²) in [5.41, 5.74) is 0.00333. The van der Waals surface area contributed by atoms with E-state index in [1.807, 2.05) is 0 Å². The summed E-state index contributed by atoms with van der Waals surface area (Å²) in [7, 11) is 0. The van der Waals surface area contributed by atoms with Crippen LogP contribution in [0, 0.1) is 12.7 Å². The third-order valence-electron chi connectivity index (χ3n) is 4.82. The van der Waals surface area contributed by atoms with E-state index in [1.54, 1.807) is 11.0 Å². The normalized spacial score (nSPS) is 15.8. The van der Waals surface area contributed by atoms with Gasteiger partial charge >= 0.3 is 6.18 Å². The van der Waals surface area contributed by atoms with Crippen LogP contribution in [0.15, 0.2) is 22.7 Å². The first-order valence-electron chi connectivity index (χ1n) is 8.80. The standard InChI is InChI=1S/C18H18BrClF4N4O/c1-11-16(19)17(18(22,23)24)25-28(11)10-15(29)27-6-4-26(5-7-27)9-12-2-3-13(21)8-14(12)20/h2-3,8H,4-7,9-10H2,1H3. The van der Waals surface area contributed by atoms with Crippen LogP contribution in [0.25, 0.3) is 0 Å². The van der Waals surface area contributed by atoms with Crippen molar-refractivity contribution in [2.75, 3.05) is 26.2 Å². The maximum absolute atomic E-state index is 13.2. The molecule has 1 aromatic heterocycles. The van der Waals surface area contributed by atoms with Crippen molar-refractivity contribution in [1.29, 1.82) is 0 Å². The maximum atomic E-state index is 13.2. The van der Waals surface area contributed by atoms with E-state index in [1.165, 1.54) is 19.1 Å². The summed E-state index contributed by atoms with van der Waals surface area (Å²) >= 11 is 8.96. The minimum absolute atomic E-state index is 0.154. The lowest BCUT2D eigenvalue weighted by molar-refractivity contribution is -0.142. The number of aromatic nitrogens is 2. The summed E-state index contributed by atoms with van der Waals surface area (Å²) < 4.78 is 53.0. The summed E-state index contributed by atoms with van der Waals surface area (Å²) in [6, 6.07) is 4.24. The van der Waals surface area contributed by atoms with E-state index in [2.05, 4.69) is 25.9 Å². The van der Waals surface area contributed by atoms with Crippen molar-refractivity contribution in [3.63, 3.8) is 0 Å². The number of carbonyl (C=O) groups is 1. The highest BCUT2D eigenvalue weighted by atomic mass is 79.9. The van der Waals surface area contributed by atoms with Gasteiger partial charge in [-0.25, -0.2) is 4.39 Å². The molecule has 2 aromatic rings. The molecule has 1 amide bonds. The molecule has 0 radical (unpaired) electrons. The van der Waals surface area contributed by atoms with Crippen LogP contribution in [-0.2, 0) is 24.1 Å². The van der Waals surface area contributed by atoms with Crippen molar-refractivity contribution in [3.8, 4) is 0 Å². The zero-order valence-electron chi connectivity index (χ0n) is 15.4. The van der Waals surface area contributed by atoms with Crippen LogP contribution < -0.4 is 0 Å². The molecule has 0 N–H and O–H groups in total. The number of alkyl halides is 3. The van der Waals surface area contributed by atoms with Gasteiger partial charge in [-0.3, -0.25) is 14.4 Å². The van der Waals surface area contributed by atoms with Gasteiger partial charge in [0.1, 0.15) is 12.4 Å². The molecule has 0 aliphatic carbocycles. The van der Waals surface area contributed by atoms with Crippen LogP contribution in [0.3, 0.4) is 0 Å². The van der Waals surface area contributed by atoms with Crippen LogP contribution in [0.2, 0.25) is 5.02 Å². The van der Waals surface area contributed by atoms with Gasteiger partial charge in [-0.2, -0.15) is 18.3 Å². The van der Waals surface area contributed by atoms with Crippen molar-refractivity contribution in [1.82, 2.24) is 19.6 Å². The van der Waals surface area contributed by atoms with Gasteiger partial charge in [0, 0.05) is 37.7 Å². The Hall–Kier alpha value is -1.65. The van der Waals surface area contributed by atoms with Crippen molar-refractivity contribution < 1.29 is 22.4 Å². The number of rotatable bonds is 4. The smallest absolute Gasteiger partial charge is 0.339 e. The molecule has 0 unspecified atom stereocenters. The number of carbonyl (C=O) groups excluding carboxylic acids is 1. The minimum atomic E-state index is -4.59. The first kappa shape index (κ1) is 22.0.